The summed E-state index contributed by atoms with van der Waals surface area (Å²) >= 11 is 5.75. The van der Waals surface area contributed by atoms with Crippen molar-refractivity contribution in [1.82, 2.24) is 10.6 Å². The highest BCUT2D eigenvalue weighted by atomic mass is 35.5. The maximum Gasteiger partial charge on any atom is 0.220 e. The number of halogens is 2. The summed E-state index contributed by atoms with van der Waals surface area (Å²) in [5.74, 6) is -0.125. The molecule has 112 valence electrons. The number of hydrogen-bond donors (Lipinski definition) is 2. The number of amides is 1. The van der Waals surface area contributed by atoms with Gasteiger partial charge in [-0.2, -0.15) is 0 Å². The van der Waals surface area contributed by atoms with Crippen LogP contribution in [0.1, 0.15) is 29.6 Å². The molecule has 4 nitrogen and oxygen atoms in total. The molecule has 2 N–H and O–H groups in total. The van der Waals surface area contributed by atoms with Crippen LogP contribution in [-0.2, 0) is 4.79 Å². The molecule has 0 aromatic heterocycles. The average Bonchev–Trinajstić information content (AvgIpc) is 2.42. The van der Waals surface area contributed by atoms with Crippen LogP contribution in [0.5, 0.6) is 0 Å². The molecule has 0 unspecified atom stereocenters. The lowest BCUT2D eigenvalue weighted by Crippen LogP contribution is -2.26. The zero-order valence-electron chi connectivity index (χ0n) is 11.4. The summed E-state index contributed by atoms with van der Waals surface area (Å²) in [6.45, 7) is 1.50. The summed E-state index contributed by atoms with van der Waals surface area (Å²) in [4.78, 5) is 23.3. The second-order valence-electron chi connectivity index (χ2n) is 4.24. The van der Waals surface area contributed by atoms with Crippen LogP contribution in [-0.4, -0.2) is 31.8 Å². The number of benzene rings is 1. The first-order chi connectivity index (χ1) is 9.13. The number of carbonyl (C=O) groups excluding carboxylic acids is 2. The zero-order valence-corrected chi connectivity index (χ0v) is 13.0. The Bertz CT molecular complexity index is 422. The predicted octanol–water partition coefficient (Wildman–Crippen LogP) is 2.45. The van der Waals surface area contributed by atoms with E-state index in [1.54, 1.807) is 24.3 Å². The Hall–Kier alpha value is -1.10. The number of hydrogen-bond acceptors (Lipinski definition) is 3. The Morgan fingerprint density at radius 2 is 1.75 bits per heavy atom. The Kier molecular flexibility index (Phi) is 10.1. The van der Waals surface area contributed by atoms with E-state index in [2.05, 4.69) is 10.6 Å². The van der Waals surface area contributed by atoms with Crippen LogP contribution in [0.3, 0.4) is 0 Å². The topological polar surface area (TPSA) is 58.2 Å². The van der Waals surface area contributed by atoms with E-state index in [0.717, 1.165) is 13.0 Å². The molecule has 0 atom stereocenters. The molecule has 1 amide bonds. The van der Waals surface area contributed by atoms with E-state index < -0.39 is 0 Å². The Morgan fingerprint density at radius 1 is 1.10 bits per heavy atom. The number of carbonyl (C=O) groups is 2. The molecule has 0 bridgehead atoms. The Morgan fingerprint density at radius 3 is 2.35 bits per heavy atom. The van der Waals surface area contributed by atoms with Gasteiger partial charge in [-0.05, 0) is 44.3 Å². The highest BCUT2D eigenvalue weighted by Crippen LogP contribution is 2.11. The van der Waals surface area contributed by atoms with Crippen molar-refractivity contribution in [2.45, 2.75) is 19.3 Å². The van der Waals surface area contributed by atoms with Crippen LogP contribution in [0, 0.1) is 0 Å². The Labute approximate surface area is 130 Å². The monoisotopic (exact) mass is 318 g/mol. The summed E-state index contributed by atoms with van der Waals surface area (Å²) in [7, 11) is 1.87. The van der Waals surface area contributed by atoms with Crippen molar-refractivity contribution in [1.29, 1.82) is 0 Å². The second-order valence-corrected chi connectivity index (χ2v) is 4.67. The van der Waals surface area contributed by atoms with Gasteiger partial charge >= 0.3 is 0 Å². The summed E-state index contributed by atoms with van der Waals surface area (Å²) in [5.41, 5.74) is 0.590. The van der Waals surface area contributed by atoms with Gasteiger partial charge in [-0.3, -0.25) is 9.59 Å². The quantitative estimate of drug-likeness (QED) is 0.572. The molecular weight excluding hydrogens is 299 g/mol. The van der Waals surface area contributed by atoms with E-state index in [-0.39, 0.29) is 36.9 Å². The standard InChI is InChI=1S/C14H19ClN2O2.ClH/c1-16-9-2-10-17-14(19)8-7-13(18)11-3-5-12(15)6-4-11;/h3-6,16H,2,7-10H2,1H3,(H,17,19);1H. The van der Waals surface area contributed by atoms with Crippen molar-refractivity contribution in [3.05, 3.63) is 34.9 Å². The van der Waals surface area contributed by atoms with Crippen molar-refractivity contribution < 1.29 is 9.59 Å². The average molecular weight is 319 g/mol. The van der Waals surface area contributed by atoms with Crippen LogP contribution in [0.2, 0.25) is 5.02 Å². The first kappa shape index (κ1) is 18.9. The highest BCUT2D eigenvalue weighted by Gasteiger charge is 2.08. The minimum absolute atomic E-state index is 0. The van der Waals surface area contributed by atoms with E-state index >= 15 is 0 Å². The van der Waals surface area contributed by atoms with Crippen LogP contribution in [0.25, 0.3) is 0 Å². The largest absolute Gasteiger partial charge is 0.356 e. The number of Topliss-reactive ketones (excluding diaryl/α,β-unsaturated/α-hetero) is 1. The maximum absolute atomic E-state index is 11.8. The van der Waals surface area contributed by atoms with E-state index in [1.807, 2.05) is 7.05 Å². The first-order valence-corrected chi connectivity index (χ1v) is 6.71. The van der Waals surface area contributed by atoms with Gasteiger partial charge in [0.2, 0.25) is 5.91 Å². The number of ketones is 1. The lowest BCUT2D eigenvalue weighted by Gasteiger charge is -2.05. The third-order valence-corrected chi connectivity index (χ3v) is 2.92. The fourth-order valence-electron chi connectivity index (χ4n) is 1.59. The molecule has 0 saturated carbocycles. The van der Waals surface area contributed by atoms with E-state index in [1.165, 1.54) is 0 Å². The van der Waals surface area contributed by atoms with Gasteiger partial charge in [-0.15, -0.1) is 12.4 Å². The summed E-state index contributed by atoms with van der Waals surface area (Å²) in [6, 6.07) is 6.70. The van der Waals surface area contributed by atoms with Gasteiger partial charge in [0.25, 0.3) is 0 Å². The summed E-state index contributed by atoms with van der Waals surface area (Å²) in [5, 5.41) is 6.38. The molecule has 6 heteroatoms. The normalized spacial score (nSPS) is 9.70. The van der Waals surface area contributed by atoms with E-state index in [0.29, 0.717) is 17.1 Å². The van der Waals surface area contributed by atoms with Crippen LogP contribution in [0.15, 0.2) is 24.3 Å². The SMILES string of the molecule is CNCCCNC(=O)CCC(=O)c1ccc(Cl)cc1.Cl. The fraction of sp³-hybridized carbons (Fsp3) is 0.429. The van der Waals surface area contributed by atoms with Crippen LogP contribution < -0.4 is 10.6 Å². The predicted molar refractivity (Wildman–Crippen MR) is 83.8 cm³/mol. The first-order valence-electron chi connectivity index (χ1n) is 6.33. The molecule has 0 aliphatic carbocycles. The smallest absolute Gasteiger partial charge is 0.220 e. The molecule has 1 aromatic carbocycles. The minimum atomic E-state index is -0.0848. The highest BCUT2D eigenvalue weighted by molar-refractivity contribution is 6.30. The van der Waals surface area contributed by atoms with Gasteiger partial charge in [-0.25, -0.2) is 0 Å². The lowest BCUT2D eigenvalue weighted by molar-refractivity contribution is -0.121. The van der Waals surface area contributed by atoms with E-state index in [9.17, 15) is 9.59 Å². The second kappa shape index (κ2) is 10.7. The molecule has 0 radical (unpaired) electrons. The number of rotatable bonds is 8. The summed E-state index contributed by atoms with van der Waals surface area (Å²) in [6.07, 6.45) is 1.33. The third-order valence-electron chi connectivity index (χ3n) is 2.67. The summed E-state index contributed by atoms with van der Waals surface area (Å²) < 4.78 is 0. The fourth-order valence-corrected chi connectivity index (χ4v) is 1.71. The lowest BCUT2D eigenvalue weighted by atomic mass is 10.1. The molecule has 0 aliphatic heterocycles. The molecule has 0 spiro atoms. The van der Waals surface area contributed by atoms with Gasteiger partial charge in [0, 0.05) is 30.0 Å². The molecular formula is C14H20Cl2N2O2. The van der Waals surface area contributed by atoms with Crippen molar-refractivity contribution in [3.8, 4) is 0 Å². The molecule has 0 saturated heterocycles. The van der Waals surface area contributed by atoms with Crippen molar-refractivity contribution in [2.75, 3.05) is 20.1 Å². The minimum Gasteiger partial charge on any atom is -0.356 e. The van der Waals surface area contributed by atoms with Gasteiger partial charge < -0.3 is 10.6 Å². The van der Waals surface area contributed by atoms with Crippen LogP contribution in [0.4, 0.5) is 0 Å². The van der Waals surface area contributed by atoms with Gasteiger partial charge in [0.05, 0.1) is 0 Å². The van der Waals surface area contributed by atoms with Crippen LogP contribution >= 0.6 is 24.0 Å². The van der Waals surface area contributed by atoms with Gasteiger partial charge in [0.15, 0.2) is 5.78 Å². The number of nitrogens with one attached hydrogen (secondary N) is 2. The van der Waals surface area contributed by atoms with Crippen molar-refractivity contribution in [3.63, 3.8) is 0 Å². The molecule has 1 aromatic rings. The zero-order chi connectivity index (χ0) is 14.1. The third kappa shape index (κ3) is 7.48. The molecule has 20 heavy (non-hydrogen) atoms. The molecule has 1 rings (SSSR count). The molecule has 0 heterocycles. The molecule has 0 fully saturated rings. The van der Waals surface area contributed by atoms with Crippen molar-refractivity contribution >= 4 is 35.7 Å². The Balaban J connectivity index is 0.00000361. The van der Waals surface area contributed by atoms with Gasteiger partial charge in [0.1, 0.15) is 0 Å². The molecule has 0 aliphatic rings. The van der Waals surface area contributed by atoms with E-state index in [4.69, 9.17) is 11.6 Å². The van der Waals surface area contributed by atoms with Crippen molar-refractivity contribution in [2.24, 2.45) is 0 Å². The van der Waals surface area contributed by atoms with Gasteiger partial charge in [-0.1, -0.05) is 11.6 Å². The maximum atomic E-state index is 11.8.